The number of anilines is 1. The zero-order chi connectivity index (χ0) is 13.7. The molecule has 0 aliphatic rings. The third kappa shape index (κ3) is 4.02. The molecule has 0 spiro atoms. The van der Waals surface area contributed by atoms with Crippen molar-refractivity contribution in [2.75, 3.05) is 16.8 Å². The summed E-state index contributed by atoms with van der Waals surface area (Å²) < 4.78 is 2.03. The van der Waals surface area contributed by atoms with Gasteiger partial charge in [0.25, 0.3) is 5.56 Å². The van der Waals surface area contributed by atoms with Crippen LogP contribution in [0.1, 0.15) is 33.7 Å². The first-order valence-electron chi connectivity index (χ1n) is 6.09. The van der Waals surface area contributed by atoms with E-state index in [-0.39, 0.29) is 11.6 Å². The lowest BCUT2D eigenvalue weighted by Crippen LogP contribution is -2.27. The predicted molar refractivity (Wildman–Crippen MR) is 82.7 cm³/mol. The van der Waals surface area contributed by atoms with E-state index in [0.29, 0.717) is 10.5 Å². The van der Waals surface area contributed by atoms with Gasteiger partial charge in [-0.15, -0.1) is 0 Å². The third-order valence-corrected chi connectivity index (χ3v) is 4.32. The Balaban J connectivity index is 2.86. The summed E-state index contributed by atoms with van der Waals surface area (Å²) in [5.41, 5.74) is 0.673. The van der Waals surface area contributed by atoms with Crippen molar-refractivity contribution in [2.45, 2.75) is 39.8 Å². The van der Waals surface area contributed by atoms with Crippen molar-refractivity contribution in [1.82, 2.24) is 9.78 Å². The summed E-state index contributed by atoms with van der Waals surface area (Å²) in [7, 11) is 0. The predicted octanol–water partition coefficient (Wildman–Crippen LogP) is 3.14. The fourth-order valence-corrected chi connectivity index (χ4v) is 2.59. The number of rotatable bonds is 6. The van der Waals surface area contributed by atoms with Crippen LogP contribution in [0.3, 0.4) is 0 Å². The number of nitrogens with one attached hydrogen (secondary N) is 1. The van der Waals surface area contributed by atoms with E-state index in [2.05, 4.69) is 40.2 Å². The zero-order valence-corrected chi connectivity index (χ0v) is 13.6. The van der Waals surface area contributed by atoms with Gasteiger partial charge >= 0.3 is 0 Å². The molecular weight excluding hydrogens is 314 g/mol. The molecule has 1 aromatic heterocycles. The number of thioether (sulfide) groups is 1. The van der Waals surface area contributed by atoms with Crippen LogP contribution in [0.4, 0.5) is 5.69 Å². The van der Waals surface area contributed by atoms with Gasteiger partial charge in [-0.1, -0.05) is 6.92 Å². The van der Waals surface area contributed by atoms with Crippen LogP contribution < -0.4 is 10.9 Å². The van der Waals surface area contributed by atoms with E-state index < -0.39 is 0 Å². The van der Waals surface area contributed by atoms with Crippen LogP contribution in [0.25, 0.3) is 0 Å². The van der Waals surface area contributed by atoms with E-state index in [1.165, 1.54) is 4.68 Å². The molecule has 1 aromatic rings. The molecule has 6 heteroatoms. The number of hydrogen-bond acceptors (Lipinski definition) is 4. The smallest absolute Gasteiger partial charge is 0.283 e. The molecule has 0 radical (unpaired) electrons. The van der Waals surface area contributed by atoms with Gasteiger partial charge in [-0.2, -0.15) is 16.9 Å². The van der Waals surface area contributed by atoms with Gasteiger partial charge in [-0.05, 0) is 42.5 Å². The van der Waals surface area contributed by atoms with Crippen LogP contribution in [0.5, 0.6) is 0 Å². The maximum atomic E-state index is 12.0. The lowest BCUT2D eigenvalue weighted by molar-refractivity contribution is 0.501. The van der Waals surface area contributed by atoms with Crippen LogP contribution in [-0.4, -0.2) is 27.3 Å². The second kappa shape index (κ2) is 7.19. The Morgan fingerprint density at radius 2 is 2.17 bits per heavy atom. The Hall–Kier alpha value is -0.490. The van der Waals surface area contributed by atoms with Gasteiger partial charge in [0, 0.05) is 11.8 Å². The molecule has 0 aliphatic carbocycles. The molecule has 0 aromatic carbocycles. The van der Waals surface area contributed by atoms with Crippen molar-refractivity contribution in [1.29, 1.82) is 0 Å². The van der Waals surface area contributed by atoms with Gasteiger partial charge in [0.05, 0.1) is 17.9 Å². The van der Waals surface area contributed by atoms with Gasteiger partial charge in [0.15, 0.2) is 0 Å². The van der Waals surface area contributed by atoms with Crippen LogP contribution in [-0.2, 0) is 0 Å². The highest BCUT2D eigenvalue weighted by molar-refractivity contribution is 9.10. The van der Waals surface area contributed by atoms with Gasteiger partial charge in [-0.25, -0.2) is 4.68 Å². The van der Waals surface area contributed by atoms with Crippen LogP contribution >= 0.6 is 27.7 Å². The second-order valence-electron chi connectivity index (χ2n) is 4.42. The molecule has 0 aliphatic heterocycles. The van der Waals surface area contributed by atoms with Crippen LogP contribution in [0.15, 0.2) is 15.5 Å². The first kappa shape index (κ1) is 15.6. The van der Waals surface area contributed by atoms with E-state index in [1.54, 1.807) is 6.20 Å². The van der Waals surface area contributed by atoms with Crippen molar-refractivity contribution in [3.63, 3.8) is 0 Å². The Labute approximate surface area is 121 Å². The summed E-state index contributed by atoms with van der Waals surface area (Å²) in [5.74, 6) is 2.11. The molecule has 1 N–H and O–H groups in total. The van der Waals surface area contributed by atoms with Gasteiger partial charge in [0.2, 0.25) is 0 Å². The molecular formula is C12H20BrN3OS. The fraction of sp³-hybridized carbons (Fsp3) is 0.667. The maximum Gasteiger partial charge on any atom is 0.283 e. The Bertz CT molecular complexity index is 447. The number of nitrogens with zero attached hydrogens (tertiary/aromatic N) is 2. The van der Waals surface area contributed by atoms with E-state index in [0.717, 1.165) is 17.2 Å². The van der Waals surface area contributed by atoms with Crippen molar-refractivity contribution in [3.05, 3.63) is 21.0 Å². The lowest BCUT2D eigenvalue weighted by Gasteiger charge is -2.16. The highest BCUT2D eigenvalue weighted by Gasteiger charge is 2.12. The van der Waals surface area contributed by atoms with Crippen LogP contribution in [0.2, 0.25) is 0 Å². The maximum absolute atomic E-state index is 12.0. The van der Waals surface area contributed by atoms with E-state index in [1.807, 2.05) is 25.6 Å². The molecule has 1 rings (SSSR count). The number of hydrogen-bond donors (Lipinski definition) is 1. The Morgan fingerprint density at radius 3 is 2.72 bits per heavy atom. The van der Waals surface area contributed by atoms with Gasteiger partial charge in [-0.3, -0.25) is 4.79 Å². The summed E-state index contributed by atoms with van der Waals surface area (Å²) in [6, 6.07) is 0.373. The summed E-state index contributed by atoms with van der Waals surface area (Å²) in [6.07, 6.45) is 1.71. The Morgan fingerprint density at radius 1 is 1.50 bits per heavy atom. The highest BCUT2D eigenvalue weighted by atomic mass is 79.9. The first-order valence-corrected chi connectivity index (χ1v) is 8.03. The SMILES string of the molecule is CCSCC(C)Nc1cnn(C(C)C)c(=O)c1Br. The largest absolute Gasteiger partial charge is 0.379 e. The normalized spacial score (nSPS) is 12.8. The molecule has 0 bridgehead atoms. The fourth-order valence-electron chi connectivity index (χ4n) is 1.52. The molecule has 102 valence electrons. The van der Waals surface area contributed by atoms with Crippen molar-refractivity contribution in [2.24, 2.45) is 0 Å². The number of halogens is 1. The molecule has 0 amide bonds. The second-order valence-corrected chi connectivity index (χ2v) is 6.53. The van der Waals surface area contributed by atoms with E-state index in [4.69, 9.17) is 0 Å². The monoisotopic (exact) mass is 333 g/mol. The molecule has 1 atom stereocenters. The molecule has 1 unspecified atom stereocenters. The van der Waals surface area contributed by atoms with Crippen molar-refractivity contribution >= 4 is 33.4 Å². The molecule has 0 saturated heterocycles. The molecule has 0 fully saturated rings. The van der Waals surface area contributed by atoms with Crippen molar-refractivity contribution in [3.8, 4) is 0 Å². The average molecular weight is 334 g/mol. The topological polar surface area (TPSA) is 46.9 Å². The lowest BCUT2D eigenvalue weighted by atomic mass is 10.3. The Kier molecular flexibility index (Phi) is 6.21. The minimum absolute atomic E-state index is 0.0657. The number of aromatic nitrogens is 2. The summed E-state index contributed by atoms with van der Waals surface area (Å²) in [6.45, 7) is 8.12. The van der Waals surface area contributed by atoms with Crippen molar-refractivity contribution < 1.29 is 0 Å². The molecule has 18 heavy (non-hydrogen) atoms. The van der Waals surface area contributed by atoms with E-state index >= 15 is 0 Å². The minimum Gasteiger partial charge on any atom is -0.379 e. The first-order chi connectivity index (χ1) is 8.47. The highest BCUT2D eigenvalue weighted by Crippen LogP contribution is 2.19. The minimum atomic E-state index is -0.0923. The average Bonchev–Trinajstić information content (AvgIpc) is 2.32. The summed E-state index contributed by atoms with van der Waals surface area (Å²) in [4.78, 5) is 12.0. The molecule has 0 saturated carbocycles. The molecule has 4 nitrogen and oxygen atoms in total. The van der Waals surface area contributed by atoms with Gasteiger partial charge in [0.1, 0.15) is 4.47 Å². The van der Waals surface area contributed by atoms with E-state index in [9.17, 15) is 4.79 Å². The van der Waals surface area contributed by atoms with Gasteiger partial charge < -0.3 is 5.32 Å². The zero-order valence-electron chi connectivity index (χ0n) is 11.2. The third-order valence-electron chi connectivity index (χ3n) is 2.41. The quantitative estimate of drug-likeness (QED) is 0.868. The molecule has 1 heterocycles. The summed E-state index contributed by atoms with van der Waals surface area (Å²) >= 11 is 5.23. The standard InChI is InChI=1S/C12H20BrN3OS/c1-5-18-7-9(4)15-10-6-14-16(8(2)3)12(17)11(10)13/h6,8-9,15H,5,7H2,1-4H3. The summed E-state index contributed by atoms with van der Waals surface area (Å²) in [5, 5.41) is 7.49. The van der Waals surface area contributed by atoms with Crippen LogP contribution in [0, 0.1) is 0 Å².